The summed E-state index contributed by atoms with van der Waals surface area (Å²) in [7, 11) is 3.03. The average Bonchev–Trinajstić information content (AvgIpc) is 2.93. The fourth-order valence-corrected chi connectivity index (χ4v) is 8.00. The molecule has 0 saturated carbocycles. The Labute approximate surface area is 258 Å². The van der Waals surface area contributed by atoms with Gasteiger partial charge >= 0.3 is 5.97 Å². The second kappa shape index (κ2) is 9.20. The molecule has 0 aliphatic carbocycles. The number of amides is 3. The van der Waals surface area contributed by atoms with Crippen LogP contribution in [0.5, 0.6) is 0 Å². The second-order valence-electron chi connectivity index (χ2n) is 9.04. The molecule has 3 amide bonds. The summed E-state index contributed by atoms with van der Waals surface area (Å²) in [6, 6.07) is 4.61. The van der Waals surface area contributed by atoms with Gasteiger partial charge in [-0.1, -0.05) is 6.07 Å². The lowest BCUT2D eigenvalue weighted by molar-refractivity contribution is 0.0698. The molecule has 0 aromatic heterocycles. The second-order valence-corrected chi connectivity index (χ2v) is 12.2. The largest absolute Gasteiger partial charge is 0.478 e. The van der Waals surface area contributed by atoms with Gasteiger partial charge in [-0.05, 0) is 86.6 Å². The van der Waals surface area contributed by atoms with Crippen LogP contribution in [0.2, 0.25) is 0 Å². The summed E-state index contributed by atoms with van der Waals surface area (Å²) in [4.78, 5) is 56.1. The number of rotatable bonds is 3. The molecule has 0 spiro atoms. The number of benzene rings is 5. The minimum absolute atomic E-state index is 0.0821. The maximum Gasteiger partial charge on any atom is 0.336 e. The Morgan fingerprint density at radius 1 is 0.825 bits per heavy atom. The predicted octanol–water partition coefficient (Wildman–Crippen LogP) is 6.06. The number of hydrogen-bond donors (Lipinski definition) is 4. The van der Waals surface area contributed by atoms with E-state index in [-0.39, 0.29) is 28.1 Å². The van der Waals surface area contributed by atoms with Crippen molar-refractivity contribution in [3.05, 3.63) is 63.9 Å². The van der Waals surface area contributed by atoms with E-state index in [1.807, 2.05) is 0 Å². The molecule has 5 aromatic carbocycles. The maximum absolute atomic E-state index is 13.4. The molecule has 0 unspecified atom stereocenters. The van der Waals surface area contributed by atoms with Crippen molar-refractivity contribution in [2.24, 2.45) is 10.7 Å². The fraction of sp³-hybridized carbons (Fsp3) is 0.0741. The molecular weight excluding hydrogens is 780 g/mol. The van der Waals surface area contributed by atoms with Crippen LogP contribution in [0, 0.1) is 0 Å². The monoisotopic (exact) mass is 790 g/mol. The zero-order valence-corrected chi connectivity index (χ0v) is 26.7. The Morgan fingerprint density at radius 2 is 1.45 bits per heavy atom. The van der Waals surface area contributed by atoms with Gasteiger partial charge in [-0.15, -0.1) is 0 Å². The van der Waals surface area contributed by atoms with Crippen molar-refractivity contribution in [1.29, 1.82) is 0 Å². The van der Waals surface area contributed by atoms with Crippen LogP contribution in [-0.2, 0) is 0 Å². The van der Waals surface area contributed by atoms with E-state index in [1.165, 1.54) is 20.2 Å². The van der Waals surface area contributed by atoms with Crippen LogP contribution in [0.25, 0.3) is 43.1 Å². The zero-order chi connectivity index (χ0) is 28.9. The summed E-state index contributed by atoms with van der Waals surface area (Å²) in [6.07, 6.45) is 0. The molecule has 0 atom stereocenters. The van der Waals surface area contributed by atoms with Gasteiger partial charge in [0.2, 0.25) is 0 Å². The SMILES string of the molecule is CN=C(N)c1c(Br)c(Br)c2c3ccc4c5c(cc(C(=O)O)c(c6c(Br)c(Br)c(C(=O)NC)c1c26)c53)C(=O)NC4=O. The van der Waals surface area contributed by atoms with Crippen molar-refractivity contribution in [3.63, 3.8) is 0 Å². The molecule has 40 heavy (non-hydrogen) atoms. The average molecular weight is 794 g/mol. The number of nitrogens with one attached hydrogen (secondary N) is 2. The number of carboxylic acids is 1. The molecule has 13 heteroatoms. The number of fused-ring (bicyclic) bond motifs is 2. The van der Waals surface area contributed by atoms with Gasteiger partial charge in [0.05, 0.1) is 11.1 Å². The fourth-order valence-electron chi connectivity index (χ4n) is 5.61. The number of aromatic carboxylic acids is 1. The van der Waals surface area contributed by atoms with E-state index >= 15 is 0 Å². The van der Waals surface area contributed by atoms with Gasteiger partial charge < -0.3 is 16.2 Å². The molecule has 0 fully saturated rings. The third-order valence-corrected chi connectivity index (χ3v) is 11.4. The number of nitrogens with two attached hydrogens (primary N) is 1. The molecule has 0 bridgehead atoms. The first-order chi connectivity index (χ1) is 19.0. The summed E-state index contributed by atoms with van der Waals surface area (Å²) < 4.78 is 1.84. The molecule has 1 aliphatic heterocycles. The van der Waals surface area contributed by atoms with Crippen molar-refractivity contribution >= 4 is 136 Å². The Hall–Kier alpha value is -3.13. The summed E-state index contributed by atoms with van der Waals surface area (Å²) >= 11 is 14.6. The van der Waals surface area contributed by atoms with Crippen LogP contribution < -0.4 is 16.4 Å². The van der Waals surface area contributed by atoms with Crippen LogP contribution in [0.1, 0.15) is 47.0 Å². The number of hydrogen-bond acceptors (Lipinski definition) is 5. The number of amidine groups is 1. The zero-order valence-electron chi connectivity index (χ0n) is 20.3. The first kappa shape index (κ1) is 27.1. The molecule has 0 radical (unpaired) electrons. The van der Waals surface area contributed by atoms with Crippen LogP contribution in [0.3, 0.4) is 0 Å². The lowest BCUT2D eigenvalue weighted by atomic mass is 9.81. The van der Waals surface area contributed by atoms with E-state index in [9.17, 15) is 24.3 Å². The van der Waals surface area contributed by atoms with Crippen molar-refractivity contribution < 1.29 is 24.3 Å². The Kier molecular flexibility index (Phi) is 6.22. The molecule has 5 N–H and O–H groups in total. The van der Waals surface area contributed by atoms with Crippen LogP contribution in [-0.4, -0.2) is 48.7 Å². The van der Waals surface area contributed by atoms with Crippen molar-refractivity contribution in [2.45, 2.75) is 0 Å². The Balaban J connectivity index is 2.12. The van der Waals surface area contributed by atoms with Crippen molar-refractivity contribution in [2.75, 3.05) is 14.1 Å². The van der Waals surface area contributed by atoms with E-state index in [1.54, 1.807) is 12.1 Å². The highest BCUT2D eigenvalue weighted by atomic mass is 79.9. The quantitative estimate of drug-likeness (QED) is 0.0574. The summed E-state index contributed by atoms with van der Waals surface area (Å²) in [6.45, 7) is 0. The number of halogens is 4. The number of carbonyl (C=O) groups is 4. The maximum atomic E-state index is 13.4. The predicted molar refractivity (Wildman–Crippen MR) is 167 cm³/mol. The van der Waals surface area contributed by atoms with Crippen LogP contribution in [0.15, 0.2) is 41.1 Å². The summed E-state index contributed by atoms with van der Waals surface area (Å²) in [5, 5.41) is 19.1. The van der Waals surface area contributed by atoms with E-state index in [4.69, 9.17) is 5.73 Å². The van der Waals surface area contributed by atoms with Gasteiger partial charge in [0.15, 0.2) is 0 Å². The van der Waals surface area contributed by atoms with E-state index in [0.717, 1.165) is 0 Å². The Morgan fingerprint density at radius 3 is 2.08 bits per heavy atom. The number of nitrogens with zero attached hydrogens (tertiary/aromatic N) is 1. The first-order valence-electron chi connectivity index (χ1n) is 11.5. The molecule has 200 valence electrons. The third-order valence-electron chi connectivity index (χ3n) is 7.21. The molecule has 1 heterocycles. The smallest absolute Gasteiger partial charge is 0.336 e. The lowest BCUT2D eigenvalue weighted by Crippen LogP contribution is -2.35. The van der Waals surface area contributed by atoms with Crippen LogP contribution in [0.4, 0.5) is 0 Å². The van der Waals surface area contributed by atoms with E-state index in [2.05, 4.69) is 79.3 Å². The number of carboxylic acid groups (broad SMARTS) is 1. The lowest BCUT2D eigenvalue weighted by Gasteiger charge is -2.26. The Bertz CT molecular complexity index is 2120. The third kappa shape index (κ3) is 3.31. The highest BCUT2D eigenvalue weighted by Gasteiger charge is 2.34. The molecule has 9 nitrogen and oxygen atoms in total. The van der Waals surface area contributed by atoms with Gasteiger partial charge in [0, 0.05) is 81.0 Å². The standard InChI is InChI=1S/C27H14Br4N4O5/c1-33-23(32)17-15-14-13(19(28)21(17)30)6-3-4-7-10-8(25(37)35-24(7)36)5-9(27(39)40)12(11(6)10)16(14)20(29)22(31)18(15)26(38)34-2/h3-5H,1-2H3,(H2,32,33)(H,34,38)(H,39,40)(H,35,36,37). The molecular formula is C27H14Br4N4O5. The van der Waals surface area contributed by atoms with E-state index < -0.39 is 23.7 Å². The summed E-state index contributed by atoms with van der Waals surface area (Å²) in [5.74, 6) is -2.80. The number of imide groups is 1. The highest BCUT2D eigenvalue weighted by Crippen LogP contribution is 2.53. The van der Waals surface area contributed by atoms with E-state index in [0.29, 0.717) is 66.5 Å². The van der Waals surface area contributed by atoms with Gasteiger partial charge in [-0.25, -0.2) is 4.79 Å². The normalized spacial score (nSPS) is 13.6. The number of carbonyl (C=O) groups excluding carboxylic acids is 3. The van der Waals surface area contributed by atoms with Gasteiger partial charge in [-0.2, -0.15) is 0 Å². The molecule has 1 aliphatic rings. The molecule has 0 saturated heterocycles. The van der Waals surface area contributed by atoms with Crippen LogP contribution >= 0.6 is 63.7 Å². The summed E-state index contributed by atoms with van der Waals surface area (Å²) in [5.41, 5.74) is 7.27. The van der Waals surface area contributed by atoms with Gasteiger partial charge in [0.25, 0.3) is 17.7 Å². The van der Waals surface area contributed by atoms with Gasteiger partial charge in [-0.3, -0.25) is 24.7 Å². The number of aliphatic imine (C=N–C) groups is 1. The first-order valence-corrected chi connectivity index (χ1v) is 14.7. The van der Waals surface area contributed by atoms with Gasteiger partial charge in [0.1, 0.15) is 5.84 Å². The van der Waals surface area contributed by atoms with Crippen molar-refractivity contribution in [3.8, 4) is 0 Å². The van der Waals surface area contributed by atoms with Crippen molar-refractivity contribution in [1.82, 2.24) is 10.6 Å². The minimum atomic E-state index is -1.27. The minimum Gasteiger partial charge on any atom is -0.478 e. The topological polar surface area (TPSA) is 151 Å². The molecule has 5 aromatic rings. The molecule has 6 rings (SSSR count). The highest BCUT2D eigenvalue weighted by molar-refractivity contribution is 9.13.